The van der Waals surface area contributed by atoms with Crippen LogP contribution in [-0.4, -0.2) is 29.6 Å². The highest BCUT2D eigenvalue weighted by Gasteiger charge is 2.52. The molecule has 4 rings (SSSR count). The van der Waals surface area contributed by atoms with E-state index in [-0.39, 0.29) is 24.3 Å². The summed E-state index contributed by atoms with van der Waals surface area (Å²) in [6.07, 6.45) is 3.44. The summed E-state index contributed by atoms with van der Waals surface area (Å²) in [5.74, 6) is 0.172. The van der Waals surface area contributed by atoms with E-state index in [9.17, 15) is 4.79 Å². The fraction of sp³-hybridized carbons (Fsp3) is 0.533. The maximum atomic E-state index is 12.2. The number of fused-ring (bicyclic) bond motifs is 3. The van der Waals surface area contributed by atoms with Gasteiger partial charge in [0.15, 0.2) is 0 Å². The van der Waals surface area contributed by atoms with Crippen LogP contribution in [0.15, 0.2) is 24.3 Å². The van der Waals surface area contributed by atoms with Crippen molar-refractivity contribution < 1.29 is 9.53 Å². The second-order valence-corrected chi connectivity index (χ2v) is 5.62. The van der Waals surface area contributed by atoms with E-state index in [1.165, 1.54) is 11.1 Å². The number of nitrogens with one attached hydrogen (secondary N) is 1. The highest BCUT2D eigenvalue weighted by atomic mass is 16.6. The number of ether oxygens (including phenoxy) is 1. The van der Waals surface area contributed by atoms with Crippen LogP contribution in [-0.2, 0) is 16.1 Å². The summed E-state index contributed by atoms with van der Waals surface area (Å²) in [6.45, 7) is 1.64. The minimum Gasteiger partial charge on any atom is -0.355 e. The lowest BCUT2D eigenvalue weighted by Gasteiger charge is -2.31. The molecule has 0 saturated carbocycles. The molecule has 0 aliphatic carbocycles. The number of carbonyl (C=O) groups excluding carboxylic acids is 1. The van der Waals surface area contributed by atoms with Crippen LogP contribution >= 0.6 is 0 Å². The van der Waals surface area contributed by atoms with Crippen LogP contribution in [0.5, 0.6) is 0 Å². The van der Waals surface area contributed by atoms with Crippen LogP contribution in [0.2, 0.25) is 0 Å². The van der Waals surface area contributed by atoms with E-state index in [1.54, 1.807) is 0 Å². The Morgan fingerprint density at radius 1 is 1.26 bits per heavy atom. The molecule has 3 aliphatic rings. The summed E-state index contributed by atoms with van der Waals surface area (Å²) in [7, 11) is 0. The summed E-state index contributed by atoms with van der Waals surface area (Å²) in [6, 6.07) is 8.39. The smallest absolute Gasteiger partial charge is 0.237 e. The second kappa shape index (κ2) is 4.32. The fourth-order valence-corrected chi connectivity index (χ4v) is 3.35. The van der Waals surface area contributed by atoms with Crippen LogP contribution in [0.1, 0.15) is 36.5 Å². The van der Waals surface area contributed by atoms with Crippen LogP contribution < -0.4 is 5.32 Å². The van der Waals surface area contributed by atoms with Gasteiger partial charge < -0.3 is 10.1 Å². The quantitative estimate of drug-likeness (QED) is 0.778. The average molecular weight is 258 g/mol. The second-order valence-electron chi connectivity index (χ2n) is 5.62. The Morgan fingerprint density at radius 3 is 3.11 bits per heavy atom. The normalized spacial score (nSPS) is 33.9. The number of epoxide rings is 1. The molecular formula is C15H18N2O2. The van der Waals surface area contributed by atoms with E-state index >= 15 is 0 Å². The van der Waals surface area contributed by atoms with Crippen molar-refractivity contribution in [3.63, 3.8) is 0 Å². The number of benzene rings is 1. The van der Waals surface area contributed by atoms with Crippen molar-refractivity contribution in [2.45, 2.75) is 44.2 Å². The third-order valence-electron chi connectivity index (χ3n) is 4.42. The minimum absolute atomic E-state index is 0.0224. The van der Waals surface area contributed by atoms with Crippen LogP contribution in [0, 0.1) is 0 Å². The first-order valence-corrected chi connectivity index (χ1v) is 7.11. The van der Waals surface area contributed by atoms with Crippen LogP contribution in [0.4, 0.5) is 0 Å². The molecule has 3 atom stereocenters. The molecule has 0 radical (unpaired) electrons. The molecule has 2 fully saturated rings. The van der Waals surface area contributed by atoms with Gasteiger partial charge in [0.2, 0.25) is 5.91 Å². The zero-order valence-corrected chi connectivity index (χ0v) is 10.8. The van der Waals surface area contributed by atoms with E-state index in [4.69, 9.17) is 4.74 Å². The molecular weight excluding hydrogens is 240 g/mol. The molecule has 2 unspecified atom stereocenters. The molecule has 4 heteroatoms. The lowest BCUT2D eigenvalue weighted by Crippen LogP contribution is -2.48. The Kier molecular flexibility index (Phi) is 2.60. The Morgan fingerprint density at radius 2 is 2.16 bits per heavy atom. The maximum absolute atomic E-state index is 12.2. The van der Waals surface area contributed by atoms with Gasteiger partial charge in [-0.05, 0) is 30.4 Å². The predicted molar refractivity (Wildman–Crippen MR) is 70.2 cm³/mol. The SMILES string of the molecule is O=C1NCCCC[C@@H]1N1Cc2ccccc2C2OC21. The molecule has 4 nitrogen and oxygen atoms in total. The van der Waals surface area contributed by atoms with Crippen molar-refractivity contribution in [2.24, 2.45) is 0 Å². The van der Waals surface area contributed by atoms with Gasteiger partial charge in [0.1, 0.15) is 12.3 Å². The number of nitrogens with zero attached hydrogens (tertiary/aromatic N) is 1. The summed E-state index contributed by atoms with van der Waals surface area (Å²) < 4.78 is 5.81. The summed E-state index contributed by atoms with van der Waals surface area (Å²) in [4.78, 5) is 14.4. The van der Waals surface area contributed by atoms with Gasteiger partial charge in [-0.15, -0.1) is 0 Å². The maximum Gasteiger partial charge on any atom is 0.237 e. The molecule has 1 N–H and O–H groups in total. The molecule has 100 valence electrons. The van der Waals surface area contributed by atoms with Gasteiger partial charge in [-0.1, -0.05) is 24.3 Å². The fourth-order valence-electron chi connectivity index (χ4n) is 3.35. The lowest BCUT2D eigenvalue weighted by atomic mass is 9.97. The summed E-state index contributed by atoms with van der Waals surface area (Å²) >= 11 is 0. The molecule has 2 saturated heterocycles. The lowest BCUT2D eigenvalue weighted by molar-refractivity contribution is -0.127. The van der Waals surface area contributed by atoms with Gasteiger partial charge in [0.05, 0.1) is 6.04 Å². The van der Waals surface area contributed by atoms with Gasteiger partial charge in [0.25, 0.3) is 0 Å². The standard InChI is InChI=1S/C15H18N2O2/c18-14-12(7-3-4-8-16-14)17-9-10-5-1-2-6-11(10)13-15(17)19-13/h1-2,5-6,12-13,15H,3-4,7-9H2,(H,16,18)/t12-,13?,15?/m0/s1. The summed E-state index contributed by atoms with van der Waals surface area (Å²) in [5.41, 5.74) is 2.61. The minimum atomic E-state index is -0.0224. The number of rotatable bonds is 1. The van der Waals surface area contributed by atoms with Gasteiger partial charge in [-0.2, -0.15) is 0 Å². The van der Waals surface area contributed by atoms with Crippen molar-refractivity contribution in [1.29, 1.82) is 0 Å². The largest absolute Gasteiger partial charge is 0.355 e. The predicted octanol–water partition coefficient (Wildman–Crippen LogP) is 1.57. The topological polar surface area (TPSA) is 44.9 Å². The van der Waals surface area contributed by atoms with Crippen LogP contribution in [0.3, 0.4) is 0 Å². The van der Waals surface area contributed by atoms with E-state index in [2.05, 4.69) is 34.5 Å². The number of carbonyl (C=O) groups is 1. The zero-order valence-electron chi connectivity index (χ0n) is 10.8. The average Bonchev–Trinajstić information content (AvgIpc) is 3.23. The van der Waals surface area contributed by atoms with Crippen LogP contribution in [0.25, 0.3) is 0 Å². The molecule has 0 spiro atoms. The Balaban J connectivity index is 1.62. The van der Waals surface area contributed by atoms with Gasteiger partial charge in [-0.25, -0.2) is 0 Å². The molecule has 19 heavy (non-hydrogen) atoms. The van der Waals surface area contributed by atoms with E-state index in [0.29, 0.717) is 0 Å². The monoisotopic (exact) mass is 258 g/mol. The first-order chi connectivity index (χ1) is 9.34. The van der Waals surface area contributed by atoms with Gasteiger partial charge in [-0.3, -0.25) is 9.69 Å². The van der Waals surface area contributed by atoms with E-state index in [0.717, 1.165) is 32.4 Å². The van der Waals surface area contributed by atoms with Crippen molar-refractivity contribution >= 4 is 5.91 Å². The molecule has 0 bridgehead atoms. The molecule has 1 aromatic rings. The number of amides is 1. The van der Waals surface area contributed by atoms with E-state index in [1.807, 2.05) is 0 Å². The highest BCUT2D eigenvalue weighted by Crippen LogP contribution is 2.48. The Hall–Kier alpha value is -1.39. The molecule has 0 aromatic heterocycles. The molecule has 1 aromatic carbocycles. The van der Waals surface area contributed by atoms with Crippen molar-refractivity contribution in [3.8, 4) is 0 Å². The molecule has 1 amide bonds. The third-order valence-corrected chi connectivity index (χ3v) is 4.42. The van der Waals surface area contributed by atoms with Gasteiger partial charge in [0, 0.05) is 13.1 Å². The van der Waals surface area contributed by atoms with E-state index < -0.39 is 0 Å². The van der Waals surface area contributed by atoms with Crippen molar-refractivity contribution in [3.05, 3.63) is 35.4 Å². The first-order valence-electron chi connectivity index (χ1n) is 7.11. The summed E-state index contributed by atoms with van der Waals surface area (Å²) in [5, 5.41) is 3.02. The van der Waals surface area contributed by atoms with Crippen molar-refractivity contribution in [1.82, 2.24) is 10.2 Å². The third kappa shape index (κ3) is 1.86. The Bertz CT molecular complexity index is 517. The number of hydrogen-bond acceptors (Lipinski definition) is 3. The Labute approximate surface area is 112 Å². The molecule has 3 heterocycles. The van der Waals surface area contributed by atoms with Gasteiger partial charge >= 0.3 is 0 Å². The van der Waals surface area contributed by atoms with Crippen molar-refractivity contribution in [2.75, 3.05) is 6.54 Å². The highest BCUT2D eigenvalue weighted by molar-refractivity contribution is 5.82. The first kappa shape index (κ1) is 11.4. The zero-order chi connectivity index (χ0) is 12.8. The number of hydrogen-bond donors (Lipinski definition) is 1. The molecule has 3 aliphatic heterocycles.